The number of hydrogen-bond donors (Lipinski definition) is 0. The van der Waals surface area contributed by atoms with Gasteiger partial charge in [0.25, 0.3) is 0 Å². The SMILES string of the molecule is CCCCCCCCCC(=O)CCC(=O)c1ccc(-c2ccc([123I])cc2)cc1. The third-order valence-electron chi connectivity index (χ3n) is 5.07. The Hall–Kier alpha value is -1.49. The van der Waals surface area contributed by atoms with Gasteiger partial charge < -0.3 is 0 Å². The van der Waals surface area contributed by atoms with Gasteiger partial charge in [-0.1, -0.05) is 81.8 Å². The predicted octanol–water partition coefficient (Wildman–Crippen LogP) is 7.63. The van der Waals surface area contributed by atoms with Gasteiger partial charge in [-0.25, -0.2) is 0 Å². The quantitative estimate of drug-likeness (QED) is 0.166. The molecule has 0 atom stereocenters. The summed E-state index contributed by atoms with van der Waals surface area (Å²) in [4.78, 5) is 24.4. The molecule has 2 rings (SSSR count). The Kier molecular flexibility index (Phi) is 10.5. The van der Waals surface area contributed by atoms with E-state index < -0.39 is 0 Å². The highest BCUT2D eigenvalue weighted by Gasteiger charge is 2.10. The van der Waals surface area contributed by atoms with Crippen LogP contribution in [0, 0.1) is 3.57 Å². The molecule has 28 heavy (non-hydrogen) atoms. The molecular formula is C25H31IO2. The van der Waals surface area contributed by atoms with Crippen molar-refractivity contribution in [1.82, 2.24) is 0 Å². The summed E-state index contributed by atoms with van der Waals surface area (Å²) in [5.74, 6) is 0.277. The second-order valence-corrected chi connectivity index (χ2v) is 8.66. The van der Waals surface area contributed by atoms with E-state index in [9.17, 15) is 9.59 Å². The van der Waals surface area contributed by atoms with E-state index in [0.717, 1.165) is 24.0 Å². The molecule has 0 aliphatic heterocycles. The highest BCUT2D eigenvalue weighted by atomic mass is 123. The highest BCUT2D eigenvalue weighted by molar-refractivity contribution is 14.1. The fourth-order valence-corrected chi connectivity index (χ4v) is 3.65. The van der Waals surface area contributed by atoms with Crippen LogP contribution in [0.5, 0.6) is 0 Å². The van der Waals surface area contributed by atoms with Crippen molar-refractivity contribution in [1.29, 1.82) is 0 Å². The van der Waals surface area contributed by atoms with Gasteiger partial charge in [0.1, 0.15) is 5.78 Å². The maximum absolute atomic E-state index is 12.4. The molecule has 0 aliphatic rings. The minimum atomic E-state index is 0.0575. The first kappa shape index (κ1) is 22.8. The van der Waals surface area contributed by atoms with Crippen LogP contribution in [0.25, 0.3) is 11.1 Å². The first-order chi connectivity index (χ1) is 13.6. The van der Waals surface area contributed by atoms with Crippen molar-refractivity contribution >= 4 is 34.2 Å². The van der Waals surface area contributed by atoms with Crippen molar-refractivity contribution in [2.24, 2.45) is 0 Å². The molecule has 0 saturated heterocycles. The van der Waals surface area contributed by atoms with Crippen LogP contribution < -0.4 is 0 Å². The van der Waals surface area contributed by atoms with Gasteiger partial charge in [0, 0.05) is 28.4 Å². The molecule has 0 spiro atoms. The Morgan fingerprint density at radius 1 is 0.679 bits per heavy atom. The molecule has 0 N–H and O–H groups in total. The molecule has 0 bridgehead atoms. The first-order valence-corrected chi connectivity index (χ1v) is 11.6. The number of unbranched alkanes of at least 4 members (excludes halogenated alkanes) is 6. The lowest BCUT2D eigenvalue weighted by molar-refractivity contribution is -0.119. The summed E-state index contributed by atoms with van der Waals surface area (Å²) in [6.45, 7) is 2.22. The van der Waals surface area contributed by atoms with Gasteiger partial charge >= 0.3 is 0 Å². The zero-order valence-corrected chi connectivity index (χ0v) is 19.0. The third-order valence-corrected chi connectivity index (χ3v) is 5.79. The molecule has 2 nitrogen and oxygen atoms in total. The van der Waals surface area contributed by atoms with Crippen LogP contribution in [-0.4, -0.2) is 11.6 Å². The Balaban J connectivity index is 1.69. The van der Waals surface area contributed by atoms with Crippen LogP contribution in [0.4, 0.5) is 0 Å². The third kappa shape index (κ3) is 8.26. The number of Topliss-reactive ketones (excluding diaryl/α,β-unsaturated/α-hetero) is 2. The Morgan fingerprint density at radius 2 is 1.21 bits per heavy atom. The Bertz CT molecular complexity index is 732. The van der Waals surface area contributed by atoms with Crippen molar-refractivity contribution < 1.29 is 9.59 Å². The molecule has 0 unspecified atom stereocenters. The number of carbonyl (C=O) groups is 2. The van der Waals surface area contributed by atoms with E-state index in [-0.39, 0.29) is 11.6 Å². The van der Waals surface area contributed by atoms with Gasteiger partial charge in [-0.05, 0) is 52.3 Å². The fourth-order valence-electron chi connectivity index (χ4n) is 3.29. The molecule has 2 aromatic carbocycles. The van der Waals surface area contributed by atoms with Crippen LogP contribution >= 0.6 is 22.6 Å². The molecule has 0 aliphatic carbocycles. The van der Waals surface area contributed by atoms with Crippen molar-refractivity contribution in [2.75, 3.05) is 0 Å². The van der Waals surface area contributed by atoms with Crippen molar-refractivity contribution in [3.8, 4) is 11.1 Å². The number of halogens is 1. The van der Waals surface area contributed by atoms with Crippen LogP contribution in [-0.2, 0) is 4.79 Å². The molecule has 0 heterocycles. The molecule has 0 fully saturated rings. The molecule has 0 aromatic heterocycles. The Labute approximate surface area is 183 Å². The summed E-state index contributed by atoms with van der Waals surface area (Å²) in [5, 5.41) is 0. The number of hydrogen-bond acceptors (Lipinski definition) is 2. The zero-order chi connectivity index (χ0) is 20.2. The van der Waals surface area contributed by atoms with Gasteiger partial charge in [0.15, 0.2) is 5.78 Å². The van der Waals surface area contributed by atoms with Gasteiger partial charge in [-0.3, -0.25) is 9.59 Å². The smallest absolute Gasteiger partial charge is 0.163 e. The van der Waals surface area contributed by atoms with E-state index >= 15 is 0 Å². The number of ketones is 2. The van der Waals surface area contributed by atoms with Crippen LogP contribution in [0.1, 0.15) is 81.5 Å². The van der Waals surface area contributed by atoms with Gasteiger partial charge in [-0.15, -0.1) is 0 Å². The van der Waals surface area contributed by atoms with E-state index in [0.29, 0.717) is 24.8 Å². The summed E-state index contributed by atoms with van der Waals surface area (Å²) in [6.07, 6.45) is 9.78. The van der Waals surface area contributed by atoms with Crippen molar-refractivity contribution in [2.45, 2.75) is 71.1 Å². The number of rotatable bonds is 13. The monoisotopic (exact) mass is 486 g/mol. The molecule has 0 radical (unpaired) electrons. The molecule has 3 heteroatoms. The molecule has 0 saturated carbocycles. The largest absolute Gasteiger partial charge is 0.300 e. The molecule has 2 aromatic rings. The van der Waals surface area contributed by atoms with Crippen molar-refractivity contribution in [3.05, 3.63) is 57.7 Å². The Morgan fingerprint density at radius 3 is 1.82 bits per heavy atom. The average Bonchev–Trinajstić information content (AvgIpc) is 2.72. The fraction of sp³-hybridized carbons (Fsp3) is 0.440. The highest BCUT2D eigenvalue weighted by Crippen LogP contribution is 2.21. The second-order valence-electron chi connectivity index (χ2n) is 7.42. The average molecular weight is 486 g/mol. The normalized spacial score (nSPS) is 10.8. The summed E-state index contributed by atoms with van der Waals surface area (Å²) >= 11 is 2.29. The minimum absolute atomic E-state index is 0.0575. The number of benzene rings is 2. The summed E-state index contributed by atoms with van der Waals surface area (Å²) in [6, 6.07) is 16.0. The maximum Gasteiger partial charge on any atom is 0.163 e. The topological polar surface area (TPSA) is 34.1 Å². The first-order valence-electron chi connectivity index (χ1n) is 10.5. The van der Waals surface area contributed by atoms with E-state index in [1.807, 2.05) is 24.3 Å². The lowest BCUT2D eigenvalue weighted by Crippen LogP contribution is -2.04. The lowest BCUT2D eigenvalue weighted by atomic mass is 9.99. The number of carbonyl (C=O) groups excluding carboxylic acids is 2. The molecule has 150 valence electrons. The minimum Gasteiger partial charge on any atom is -0.300 e. The summed E-state index contributed by atoms with van der Waals surface area (Å²) < 4.78 is 1.20. The van der Waals surface area contributed by atoms with E-state index in [4.69, 9.17) is 0 Å². The second kappa shape index (κ2) is 12.9. The van der Waals surface area contributed by atoms with E-state index in [2.05, 4.69) is 53.8 Å². The van der Waals surface area contributed by atoms with Crippen LogP contribution in [0.15, 0.2) is 48.5 Å². The lowest BCUT2D eigenvalue weighted by Gasteiger charge is -2.05. The van der Waals surface area contributed by atoms with E-state index in [1.54, 1.807) is 0 Å². The van der Waals surface area contributed by atoms with Gasteiger partial charge in [-0.2, -0.15) is 0 Å². The van der Waals surface area contributed by atoms with Gasteiger partial charge in [0.05, 0.1) is 0 Å². The van der Waals surface area contributed by atoms with E-state index in [1.165, 1.54) is 35.7 Å². The van der Waals surface area contributed by atoms with Crippen molar-refractivity contribution in [3.63, 3.8) is 0 Å². The predicted molar refractivity (Wildman–Crippen MR) is 126 cm³/mol. The maximum atomic E-state index is 12.4. The molecule has 0 amide bonds. The summed E-state index contributed by atoms with van der Waals surface area (Å²) in [5.41, 5.74) is 2.94. The zero-order valence-electron chi connectivity index (χ0n) is 16.9. The van der Waals surface area contributed by atoms with Crippen LogP contribution in [0.3, 0.4) is 0 Å². The molecular weight excluding hydrogens is 455 g/mol. The van der Waals surface area contributed by atoms with Gasteiger partial charge in [0.2, 0.25) is 0 Å². The van der Waals surface area contributed by atoms with Crippen LogP contribution in [0.2, 0.25) is 0 Å². The standard InChI is InChI=1S/C25H31IO2/c1-2-3-4-5-6-7-8-9-24(27)18-19-25(28)22-12-10-20(11-13-22)21-14-16-23(26)17-15-21/h10-17H,2-9,18-19H2,1H3/i26-4. The summed E-state index contributed by atoms with van der Waals surface area (Å²) in [7, 11) is 0.